The second-order valence-corrected chi connectivity index (χ2v) is 12.7. The van der Waals surface area contributed by atoms with E-state index in [0.29, 0.717) is 28.0 Å². The van der Waals surface area contributed by atoms with E-state index in [0.717, 1.165) is 34.2 Å². The van der Waals surface area contributed by atoms with E-state index < -0.39 is 0 Å². The molecular weight excluding hydrogens is 550 g/mol. The fourth-order valence-corrected chi connectivity index (χ4v) is 8.24. The zero-order valence-corrected chi connectivity index (χ0v) is 24.9. The summed E-state index contributed by atoms with van der Waals surface area (Å²) >= 11 is 0. The molecule has 44 heavy (non-hydrogen) atoms. The topological polar surface area (TPSA) is 89.0 Å². The molecule has 4 saturated carbocycles. The van der Waals surface area contributed by atoms with Crippen LogP contribution in [-0.2, 0) is 10.2 Å². The van der Waals surface area contributed by atoms with Gasteiger partial charge in [-0.2, -0.15) is 5.10 Å². The second-order valence-electron chi connectivity index (χ2n) is 12.7. The fraction of sp³-hybridized carbons (Fsp3) is 0.324. The number of ether oxygens (including phenoxy) is 2. The van der Waals surface area contributed by atoms with E-state index in [4.69, 9.17) is 9.47 Å². The minimum absolute atomic E-state index is 0.151. The van der Waals surface area contributed by atoms with Crippen molar-refractivity contribution in [1.29, 1.82) is 0 Å². The quantitative estimate of drug-likeness (QED) is 0.162. The highest BCUT2D eigenvalue weighted by molar-refractivity contribution is 6.07. The molecule has 4 aliphatic carbocycles. The number of amides is 2. The Kier molecular flexibility index (Phi) is 7.54. The van der Waals surface area contributed by atoms with E-state index in [1.54, 1.807) is 24.3 Å². The van der Waals surface area contributed by atoms with Crippen molar-refractivity contribution in [1.82, 2.24) is 5.43 Å². The Bertz CT molecular complexity index is 1690. The predicted molar refractivity (Wildman–Crippen MR) is 172 cm³/mol. The number of carbonyl (C=O) groups excluding carboxylic acids is 2. The van der Waals surface area contributed by atoms with Crippen molar-refractivity contribution in [3.8, 4) is 11.5 Å². The minimum atomic E-state index is -0.293. The standard InChI is InChI=1S/C37H37N3O4/c1-43-34-18-24(22-38-40-36(42)32-8-4-6-28-5-2-3-7-31(28)32)9-14-33(34)44-23-35(41)39-30-12-10-29(11-13-30)37-19-25-15-26(20-37)17-27(16-25)21-37/h2-14,18,22,25-27H,15-17,19-21,23H2,1H3,(H,39,41)(H,40,42)/b38-22-. The predicted octanol–water partition coefficient (Wildman–Crippen LogP) is 7.10. The van der Waals surface area contributed by atoms with Crippen LogP contribution in [0.2, 0.25) is 0 Å². The molecule has 2 amide bonds. The van der Waals surface area contributed by atoms with Crippen molar-refractivity contribution in [2.24, 2.45) is 22.9 Å². The van der Waals surface area contributed by atoms with Crippen LogP contribution in [0.3, 0.4) is 0 Å². The van der Waals surface area contributed by atoms with Gasteiger partial charge in [0.1, 0.15) is 0 Å². The van der Waals surface area contributed by atoms with Crippen LogP contribution in [0.15, 0.2) is 90.0 Å². The molecule has 0 radical (unpaired) electrons. The Balaban J connectivity index is 0.933. The van der Waals surface area contributed by atoms with Crippen LogP contribution in [0, 0.1) is 17.8 Å². The third-order valence-corrected chi connectivity index (χ3v) is 9.78. The summed E-state index contributed by atoms with van der Waals surface area (Å²) in [6, 6.07) is 27.1. The number of hydrogen-bond donors (Lipinski definition) is 2. The molecule has 224 valence electrons. The summed E-state index contributed by atoms with van der Waals surface area (Å²) < 4.78 is 11.3. The van der Waals surface area contributed by atoms with Crippen LogP contribution in [0.5, 0.6) is 11.5 Å². The molecule has 7 heteroatoms. The smallest absolute Gasteiger partial charge is 0.271 e. The number of hydrogen-bond acceptors (Lipinski definition) is 5. The summed E-state index contributed by atoms with van der Waals surface area (Å²) in [5.74, 6) is 3.07. The van der Waals surface area contributed by atoms with E-state index >= 15 is 0 Å². The first-order chi connectivity index (χ1) is 21.5. The van der Waals surface area contributed by atoms with E-state index in [1.165, 1.54) is 57.4 Å². The Labute approximate surface area is 257 Å². The van der Waals surface area contributed by atoms with Gasteiger partial charge in [-0.1, -0.05) is 48.5 Å². The number of nitrogens with zero attached hydrogens (tertiary/aromatic N) is 1. The molecule has 7 nitrogen and oxygen atoms in total. The molecule has 0 heterocycles. The highest BCUT2D eigenvalue weighted by atomic mass is 16.5. The lowest BCUT2D eigenvalue weighted by Gasteiger charge is -2.57. The number of benzene rings is 4. The summed E-state index contributed by atoms with van der Waals surface area (Å²) in [7, 11) is 1.54. The average molecular weight is 588 g/mol. The number of carbonyl (C=O) groups is 2. The number of nitrogens with one attached hydrogen (secondary N) is 2. The van der Waals surface area contributed by atoms with Gasteiger partial charge in [-0.05, 0) is 120 Å². The zero-order valence-electron chi connectivity index (χ0n) is 24.9. The van der Waals surface area contributed by atoms with Gasteiger partial charge in [0, 0.05) is 11.3 Å². The van der Waals surface area contributed by atoms with Gasteiger partial charge < -0.3 is 14.8 Å². The number of rotatable bonds is 9. The van der Waals surface area contributed by atoms with E-state index in [2.05, 4.69) is 28.0 Å². The summed E-state index contributed by atoms with van der Waals surface area (Å²) in [6.07, 6.45) is 9.80. The van der Waals surface area contributed by atoms with Gasteiger partial charge in [0.15, 0.2) is 18.1 Å². The molecule has 4 aliphatic rings. The third-order valence-electron chi connectivity index (χ3n) is 9.78. The summed E-state index contributed by atoms with van der Waals surface area (Å²) in [5.41, 5.74) is 6.41. The van der Waals surface area contributed by atoms with Crippen LogP contribution < -0.4 is 20.2 Å². The molecule has 0 aromatic heterocycles. The van der Waals surface area contributed by atoms with Crippen LogP contribution in [0.4, 0.5) is 5.69 Å². The Hall–Kier alpha value is -4.65. The average Bonchev–Trinajstić information content (AvgIpc) is 3.03. The van der Waals surface area contributed by atoms with Crippen LogP contribution >= 0.6 is 0 Å². The third kappa shape index (κ3) is 5.66. The highest BCUT2D eigenvalue weighted by Crippen LogP contribution is 2.60. The molecule has 0 spiro atoms. The maximum atomic E-state index is 12.7. The highest BCUT2D eigenvalue weighted by Gasteiger charge is 2.51. The van der Waals surface area contributed by atoms with Crippen LogP contribution in [0.1, 0.15) is 60.0 Å². The van der Waals surface area contributed by atoms with Gasteiger partial charge in [0.2, 0.25) is 0 Å². The van der Waals surface area contributed by atoms with Crippen molar-refractivity contribution in [3.05, 3.63) is 102 Å². The Morgan fingerprint density at radius 2 is 1.57 bits per heavy atom. The number of methoxy groups -OCH3 is 1. The SMILES string of the molecule is COc1cc(/C=N\NC(=O)c2cccc3ccccc23)ccc1OCC(=O)Nc1ccc(C23CC4CC(CC(C4)C2)C3)cc1. The number of fused-ring (bicyclic) bond motifs is 1. The number of anilines is 1. The molecule has 0 saturated heterocycles. The van der Waals surface area contributed by atoms with Crippen molar-refractivity contribution in [2.45, 2.75) is 43.9 Å². The first kappa shape index (κ1) is 28.1. The molecule has 4 fully saturated rings. The second kappa shape index (κ2) is 11.8. The zero-order chi connectivity index (χ0) is 30.1. The Morgan fingerprint density at radius 3 is 2.30 bits per heavy atom. The molecule has 0 atom stereocenters. The molecule has 0 unspecified atom stereocenters. The molecule has 8 rings (SSSR count). The molecule has 4 aromatic rings. The minimum Gasteiger partial charge on any atom is -0.493 e. The van der Waals surface area contributed by atoms with Gasteiger partial charge in [0.25, 0.3) is 11.8 Å². The van der Waals surface area contributed by atoms with Crippen molar-refractivity contribution in [2.75, 3.05) is 19.0 Å². The van der Waals surface area contributed by atoms with E-state index in [9.17, 15) is 9.59 Å². The maximum absolute atomic E-state index is 12.7. The molecular formula is C37H37N3O4. The van der Waals surface area contributed by atoms with Gasteiger partial charge in [0.05, 0.1) is 13.3 Å². The lowest BCUT2D eigenvalue weighted by Crippen LogP contribution is -2.48. The maximum Gasteiger partial charge on any atom is 0.271 e. The lowest BCUT2D eigenvalue weighted by molar-refractivity contribution is -0.118. The Morgan fingerprint density at radius 1 is 0.864 bits per heavy atom. The molecule has 4 aromatic carbocycles. The first-order valence-electron chi connectivity index (χ1n) is 15.5. The molecule has 4 bridgehead atoms. The van der Waals surface area contributed by atoms with Crippen LogP contribution in [0.25, 0.3) is 10.8 Å². The van der Waals surface area contributed by atoms with Gasteiger partial charge in [-0.15, -0.1) is 0 Å². The summed E-state index contributed by atoms with van der Waals surface area (Å²) in [6.45, 7) is -0.151. The van der Waals surface area contributed by atoms with E-state index in [-0.39, 0.29) is 18.4 Å². The van der Waals surface area contributed by atoms with Crippen LogP contribution in [-0.4, -0.2) is 31.7 Å². The molecule has 0 aliphatic heterocycles. The lowest BCUT2D eigenvalue weighted by atomic mass is 9.48. The fourth-order valence-electron chi connectivity index (χ4n) is 8.24. The summed E-state index contributed by atoms with van der Waals surface area (Å²) in [4.78, 5) is 25.5. The van der Waals surface area contributed by atoms with Gasteiger partial charge >= 0.3 is 0 Å². The van der Waals surface area contributed by atoms with E-state index in [1.807, 2.05) is 48.5 Å². The van der Waals surface area contributed by atoms with Gasteiger partial charge in [-0.25, -0.2) is 5.43 Å². The van der Waals surface area contributed by atoms with Crippen molar-refractivity contribution in [3.63, 3.8) is 0 Å². The van der Waals surface area contributed by atoms with Gasteiger partial charge in [-0.3, -0.25) is 9.59 Å². The normalized spacial score (nSPS) is 23.5. The summed E-state index contributed by atoms with van der Waals surface area (Å²) in [5, 5.41) is 8.94. The van der Waals surface area contributed by atoms with Crippen molar-refractivity contribution >= 4 is 34.5 Å². The largest absolute Gasteiger partial charge is 0.493 e. The monoisotopic (exact) mass is 587 g/mol. The number of hydrazone groups is 1. The first-order valence-corrected chi connectivity index (χ1v) is 15.5. The van der Waals surface area contributed by atoms with Crippen molar-refractivity contribution < 1.29 is 19.1 Å². The molecule has 2 N–H and O–H groups in total.